The molecule has 1 fully saturated rings. The first-order valence-electron chi connectivity index (χ1n) is 10.6. The summed E-state index contributed by atoms with van der Waals surface area (Å²) in [5.41, 5.74) is 4.96. The molecule has 1 N–H and O–H groups in total. The van der Waals surface area contributed by atoms with Crippen molar-refractivity contribution in [1.82, 2.24) is 19.9 Å². The van der Waals surface area contributed by atoms with Crippen molar-refractivity contribution in [3.63, 3.8) is 0 Å². The minimum Gasteiger partial charge on any atom is -0.497 e. The van der Waals surface area contributed by atoms with Gasteiger partial charge in [0, 0.05) is 12.2 Å². The highest BCUT2D eigenvalue weighted by molar-refractivity contribution is 5.94. The average molecular weight is 430 g/mol. The molecule has 0 saturated carbocycles. The summed E-state index contributed by atoms with van der Waals surface area (Å²) < 4.78 is 18.8. The number of carbonyl (C=O) groups excluding carboxylic acids is 1. The monoisotopic (exact) mass is 430 g/mol. The molecule has 5 rings (SSSR count). The second-order valence-electron chi connectivity index (χ2n) is 8.05. The third kappa shape index (κ3) is 3.70. The Morgan fingerprint density at radius 1 is 1.09 bits per heavy atom. The Bertz CT molecular complexity index is 1300. The molecule has 0 bridgehead atoms. The van der Waals surface area contributed by atoms with Crippen molar-refractivity contribution in [1.29, 1.82) is 0 Å². The van der Waals surface area contributed by atoms with E-state index in [-0.39, 0.29) is 23.6 Å². The van der Waals surface area contributed by atoms with Gasteiger partial charge in [0.1, 0.15) is 11.6 Å². The number of H-pyrrole nitrogens is 1. The lowest BCUT2D eigenvalue weighted by Gasteiger charge is -2.24. The lowest BCUT2D eigenvalue weighted by Crippen LogP contribution is -2.31. The predicted molar refractivity (Wildman–Crippen MR) is 120 cm³/mol. The van der Waals surface area contributed by atoms with Crippen LogP contribution in [-0.2, 0) is 0 Å². The van der Waals surface area contributed by atoms with Crippen molar-refractivity contribution < 1.29 is 13.9 Å². The van der Waals surface area contributed by atoms with Gasteiger partial charge in [0.2, 0.25) is 0 Å². The van der Waals surface area contributed by atoms with Crippen molar-refractivity contribution in [3.8, 4) is 16.9 Å². The molecule has 0 spiro atoms. The van der Waals surface area contributed by atoms with Crippen LogP contribution in [0.15, 0.2) is 54.6 Å². The minimum absolute atomic E-state index is 0.135. The Balaban J connectivity index is 1.46. The van der Waals surface area contributed by atoms with Gasteiger partial charge < -0.3 is 14.6 Å². The number of amides is 1. The van der Waals surface area contributed by atoms with Gasteiger partial charge in [0.05, 0.1) is 29.9 Å². The number of hydrogen-bond donors (Lipinski definition) is 1. The van der Waals surface area contributed by atoms with E-state index in [0.717, 1.165) is 41.1 Å². The van der Waals surface area contributed by atoms with E-state index < -0.39 is 0 Å². The number of aryl methyl sites for hydroxylation is 1. The van der Waals surface area contributed by atoms with E-state index in [1.807, 2.05) is 42.2 Å². The molecule has 3 heterocycles. The van der Waals surface area contributed by atoms with Crippen molar-refractivity contribution >= 4 is 16.9 Å². The third-order valence-corrected chi connectivity index (χ3v) is 5.90. The minimum atomic E-state index is -0.366. The number of rotatable bonds is 4. The number of hydrogen-bond acceptors (Lipinski definition) is 4. The largest absolute Gasteiger partial charge is 0.497 e. The number of ether oxygens (including phenoxy) is 1. The first-order chi connectivity index (χ1) is 15.5. The van der Waals surface area contributed by atoms with Gasteiger partial charge >= 0.3 is 0 Å². The second kappa shape index (κ2) is 8.07. The summed E-state index contributed by atoms with van der Waals surface area (Å²) in [4.78, 5) is 27.2. The quantitative estimate of drug-likeness (QED) is 0.491. The molecule has 1 aliphatic heterocycles. The average Bonchev–Trinajstić information content (AvgIpc) is 3.45. The molecule has 0 aliphatic carbocycles. The highest BCUT2D eigenvalue weighted by Crippen LogP contribution is 2.34. The molecule has 1 atom stereocenters. The summed E-state index contributed by atoms with van der Waals surface area (Å²) in [6.45, 7) is 2.59. The van der Waals surface area contributed by atoms with Crippen molar-refractivity contribution in [2.75, 3.05) is 13.7 Å². The topological polar surface area (TPSA) is 71.1 Å². The summed E-state index contributed by atoms with van der Waals surface area (Å²) in [7, 11) is 1.65. The second-order valence-corrected chi connectivity index (χ2v) is 8.05. The number of fused-ring (bicyclic) bond motifs is 1. The SMILES string of the molecule is COc1ccc(-c2cc(C)nc([C@H]3CCCN3C(=O)c3nc4ccc(F)cc4[nH]3)c2)cc1. The highest BCUT2D eigenvalue weighted by Gasteiger charge is 2.33. The van der Waals surface area contributed by atoms with E-state index in [0.29, 0.717) is 17.6 Å². The van der Waals surface area contributed by atoms with Gasteiger partial charge in [-0.3, -0.25) is 9.78 Å². The zero-order chi connectivity index (χ0) is 22.2. The number of aromatic nitrogens is 3. The van der Waals surface area contributed by atoms with Gasteiger partial charge in [-0.05, 0) is 73.4 Å². The fourth-order valence-corrected chi connectivity index (χ4v) is 4.35. The number of pyridine rings is 1. The van der Waals surface area contributed by atoms with E-state index in [2.05, 4.69) is 16.0 Å². The molecule has 2 aromatic heterocycles. The maximum absolute atomic E-state index is 13.5. The first kappa shape index (κ1) is 20.2. The molecule has 0 unspecified atom stereocenters. The van der Waals surface area contributed by atoms with Crippen molar-refractivity contribution in [2.45, 2.75) is 25.8 Å². The molecular weight excluding hydrogens is 407 g/mol. The normalized spacial score (nSPS) is 16.0. The Labute approximate surface area is 185 Å². The predicted octanol–water partition coefficient (Wildman–Crippen LogP) is 5.06. The van der Waals surface area contributed by atoms with E-state index in [1.54, 1.807) is 13.2 Å². The first-order valence-corrected chi connectivity index (χ1v) is 10.6. The van der Waals surface area contributed by atoms with Gasteiger partial charge in [-0.2, -0.15) is 0 Å². The number of nitrogens with one attached hydrogen (secondary N) is 1. The number of benzene rings is 2. The molecule has 7 heteroatoms. The Hall–Kier alpha value is -3.74. The maximum Gasteiger partial charge on any atom is 0.290 e. The van der Waals surface area contributed by atoms with Crippen molar-refractivity contribution in [3.05, 3.63) is 77.6 Å². The molecule has 162 valence electrons. The van der Waals surface area contributed by atoms with E-state index in [9.17, 15) is 9.18 Å². The summed E-state index contributed by atoms with van der Waals surface area (Å²) in [5.74, 6) is 0.464. The Kier molecular flexibility index (Phi) is 5.09. The van der Waals surface area contributed by atoms with Gasteiger partial charge in [-0.15, -0.1) is 0 Å². The van der Waals surface area contributed by atoms with Crippen LogP contribution in [0.4, 0.5) is 4.39 Å². The van der Waals surface area contributed by atoms with Crippen LogP contribution in [0.5, 0.6) is 5.75 Å². The summed E-state index contributed by atoms with van der Waals surface area (Å²) >= 11 is 0. The van der Waals surface area contributed by atoms with E-state index >= 15 is 0 Å². The van der Waals surface area contributed by atoms with Gasteiger partial charge in [-0.25, -0.2) is 9.37 Å². The molecule has 1 saturated heterocycles. The third-order valence-electron chi connectivity index (χ3n) is 5.90. The van der Waals surface area contributed by atoms with E-state index in [4.69, 9.17) is 9.72 Å². The number of methoxy groups -OCH3 is 1. The summed E-state index contributed by atoms with van der Waals surface area (Å²) in [5, 5.41) is 0. The number of likely N-dealkylation sites (tertiary alicyclic amines) is 1. The molecule has 4 aromatic rings. The van der Waals surface area contributed by atoms with Gasteiger partial charge in [0.15, 0.2) is 5.82 Å². The molecule has 1 amide bonds. The lowest BCUT2D eigenvalue weighted by molar-refractivity contribution is 0.0722. The Morgan fingerprint density at radius 3 is 2.69 bits per heavy atom. The molecule has 32 heavy (non-hydrogen) atoms. The highest BCUT2D eigenvalue weighted by atomic mass is 19.1. The van der Waals surface area contributed by atoms with Crippen LogP contribution in [0, 0.1) is 12.7 Å². The number of halogens is 1. The van der Waals surface area contributed by atoms with Gasteiger partial charge in [0.25, 0.3) is 5.91 Å². The summed E-state index contributed by atoms with van der Waals surface area (Å²) in [6, 6.07) is 16.1. The zero-order valence-corrected chi connectivity index (χ0v) is 17.9. The fraction of sp³-hybridized carbons (Fsp3) is 0.240. The smallest absolute Gasteiger partial charge is 0.290 e. The fourth-order valence-electron chi connectivity index (χ4n) is 4.35. The van der Waals surface area contributed by atoms with Crippen LogP contribution in [0.1, 0.15) is 40.9 Å². The number of aromatic amines is 1. The summed E-state index contributed by atoms with van der Waals surface area (Å²) in [6.07, 6.45) is 1.72. The molecule has 0 radical (unpaired) electrons. The van der Waals surface area contributed by atoms with Crippen LogP contribution in [0.3, 0.4) is 0 Å². The molecular formula is C25H23FN4O2. The van der Waals surface area contributed by atoms with Crippen LogP contribution in [0.25, 0.3) is 22.2 Å². The standard InChI is InChI=1S/C25H23FN4O2/c1-15-12-17(16-5-8-19(32-2)9-6-16)13-22(27-15)23-4-3-11-30(23)25(31)24-28-20-10-7-18(26)14-21(20)29-24/h5-10,12-14,23H,3-4,11H2,1-2H3,(H,28,29)/t23-/m1/s1. The molecule has 6 nitrogen and oxygen atoms in total. The van der Waals surface area contributed by atoms with Crippen LogP contribution in [-0.4, -0.2) is 39.4 Å². The van der Waals surface area contributed by atoms with Crippen LogP contribution < -0.4 is 4.74 Å². The maximum atomic E-state index is 13.5. The lowest BCUT2D eigenvalue weighted by atomic mass is 10.0. The molecule has 2 aromatic carbocycles. The van der Waals surface area contributed by atoms with Crippen LogP contribution in [0.2, 0.25) is 0 Å². The number of nitrogens with zero attached hydrogens (tertiary/aromatic N) is 3. The van der Waals surface area contributed by atoms with Gasteiger partial charge in [-0.1, -0.05) is 12.1 Å². The number of carbonyl (C=O) groups is 1. The van der Waals surface area contributed by atoms with Crippen molar-refractivity contribution in [2.24, 2.45) is 0 Å². The van der Waals surface area contributed by atoms with Crippen LogP contribution >= 0.6 is 0 Å². The number of imidazole rings is 1. The Morgan fingerprint density at radius 2 is 1.91 bits per heavy atom. The molecule has 1 aliphatic rings. The van der Waals surface area contributed by atoms with E-state index in [1.165, 1.54) is 12.1 Å². The zero-order valence-electron chi connectivity index (χ0n) is 17.9.